The number of rotatable bonds is 7. The standard InChI is InChI=1S/C20H24N4/c1-3-17-6-8-18(9-7-17)14-24(15-19-5-4-11-21-13-19)16-20-10-12-22-23(20)2/h4-13H,3,14-16H2,1-2H3. The maximum Gasteiger partial charge on any atom is 0.0521 e. The number of aromatic nitrogens is 3. The smallest absolute Gasteiger partial charge is 0.0521 e. The summed E-state index contributed by atoms with van der Waals surface area (Å²) in [7, 11) is 1.99. The SMILES string of the molecule is CCc1ccc(CN(Cc2cccnc2)Cc2ccnn2C)cc1. The first-order chi connectivity index (χ1) is 11.7. The van der Waals surface area contributed by atoms with Crippen LogP contribution in [0.2, 0.25) is 0 Å². The van der Waals surface area contributed by atoms with Crippen LogP contribution in [0, 0.1) is 0 Å². The number of hydrogen-bond donors (Lipinski definition) is 0. The van der Waals surface area contributed by atoms with E-state index in [0.717, 1.165) is 26.1 Å². The largest absolute Gasteiger partial charge is 0.289 e. The Balaban J connectivity index is 1.76. The molecule has 4 nitrogen and oxygen atoms in total. The lowest BCUT2D eigenvalue weighted by Gasteiger charge is -2.22. The molecule has 3 aromatic rings. The summed E-state index contributed by atoms with van der Waals surface area (Å²) in [6.07, 6.45) is 6.69. The Labute approximate surface area is 143 Å². The molecule has 24 heavy (non-hydrogen) atoms. The lowest BCUT2D eigenvalue weighted by molar-refractivity contribution is 0.240. The first kappa shape index (κ1) is 16.4. The van der Waals surface area contributed by atoms with E-state index >= 15 is 0 Å². The molecular formula is C20H24N4. The van der Waals surface area contributed by atoms with Crippen LogP contribution >= 0.6 is 0 Å². The van der Waals surface area contributed by atoms with Gasteiger partial charge < -0.3 is 0 Å². The van der Waals surface area contributed by atoms with Crippen LogP contribution in [0.15, 0.2) is 61.1 Å². The van der Waals surface area contributed by atoms with E-state index in [2.05, 4.69) is 58.3 Å². The molecule has 2 heterocycles. The summed E-state index contributed by atoms with van der Waals surface area (Å²) in [6, 6.07) is 15.1. The van der Waals surface area contributed by atoms with Gasteiger partial charge in [0, 0.05) is 45.3 Å². The summed E-state index contributed by atoms with van der Waals surface area (Å²) in [5.74, 6) is 0. The molecule has 0 atom stereocenters. The van der Waals surface area contributed by atoms with Gasteiger partial charge in [0.05, 0.1) is 5.69 Å². The van der Waals surface area contributed by atoms with Crippen LogP contribution in [-0.2, 0) is 33.1 Å². The zero-order valence-electron chi connectivity index (χ0n) is 14.4. The summed E-state index contributed by atoms with van der Waals surface area (Å²) in [6.45, 7) is 4.83. The highest BCUT2D eigenvalue weighted by molar-refractivity contribution is 5.22. The van der Waals surface area contributed by atoms with E-state index in [4.69, 9.17) is 0 Å². The topological polar surface area (TPSA) is 34.0 Å². The molecule has 0 aliphatic heterocycles. The van der Waals surface area contributed by atoms with Crippen molar-refractivity contribution in [1.29, 1.82) is 0 Å². The molecule has 0 aliphatic rings. The van der Waals surface area contributed by atoms with E-state index in [1.807, 2.05) is 36.4 Å². The fraction of sp³-hybridized carbons (Fsp3) is 0.300. The van der Waals surface area contributed by atoms with Crippen LogP contribution in [0.25, 0.3) is 0 Å². The maximum atomic E-state index is 4.28. The number of nitrogens with zero attached hydrogens (tertiary/aromatic N) is 4. The van der Waals surface area contributed by atoms with E-state index in [-0.39, 0.29) is 0 Å². The van der Waals surface area contributed by atoms with E-state index in [1.165, 1.54) is 22.4 Å². The Morgan fingerprint density at radius 2 is 1.62 bits per heavy atom. The molecular weight excluding hydrogens is 296 g/mol. The average Bonchev–Trinajstić information content (AvgIpc) is 3.01. The quantitative estimate of drug-likeness (QED) is 0.667. The highest BCUT2D eigenvalue weighted by atomic mass is 15.3. The summed E-state index contributed by atoms with van der Waals surface area (Å²) in [5, 5.41) is 4.28. The van der Waals surface area contributed by atoms with Gasteiger partial charge in [-0.15, -0.1) is 0 Å². The molecule has 0 bridgehead atoms. The van der Waals surface area contributed by atoms with Gasteiger partial charge in [0.2, 0.25) is 0 Å². The summed E-state index contributed by atoms with van der Waals surface area (Å²) in [4.78, 5) is 6.66. The third kappa shape index (κ3) is 4.30. The molecule has 0 N–H and O–H groups in total. The molecule has 124 valence electrons. The third-order valence-electron chi connectivity index (χ3n) is 4.27. The van der Waals surface area contributed by atoms with Crippen LogP contribution in [0.1, 0.15) is 29.3 Å². The zero-order chi connectivity index (χ0) is 16.8. The van der Waals surface area contributed by atoms with Crippen molar-refractivity contribution >= 4 is 0 Å². The number of aryl methyl sites for hydroxylation is 2. The van der Waals surface area contributed by atoms with Crippen LogP contribution in [0.5, 0.6) is 0 Å². The van der Waals surface area contributed by atoms with Gasteiger partial charge in [0.15, 0.2) is 0 Å². The highest BCUT2D eigenvalue weighted by Crippen LogP contribution is 2.14. The van der Waals surface area contributed by atoms with E-state index in [0.29, 0.717) is 0 Å². The first-order valence-corrected chi connectivity index (χ1v) is 8.40. The fourth-order valence-corrected chi connectivity index (χ4v) is 2.84. The minimum atomic E-state index is 0.862. The Morgan fingerprint density at radius 1 is 0.875 bits per heavy atom. The van der Waals surface area contributed by atoms with Gasteiger partial charge in [-0.3, -0.25) is 14.6 Å². The van der Waals surface area contributed by atoms with Crippen molar-refractivity contribution in [3.05, 3.63) is 83.4 Å². The monoisotopic (exact) mass is 320 g/mol. The molecule has 4 heteroatoms. The molecule has 2 aromatic heterocycles. The Hall–Kier alpha value is -2.46. The van der Waals surface area contributed by atoms with Gasteiger partial charge in [-0.1, -0.05) is 37.3 Å². The van der Waals surface area contributed by atoms with Crippen LogP contribution in [-0.4, -0.2) is 19.7 Å². The summed E-state index contributed by atoms with van der Waals surface area (Å²) < 4.78 is 1.94. The Kier molecular flexibility index (Phi) is 5.39. The van der Waals surface area contributed by atoms with Gasteiger partial charge in [0.1, 0.15) is 0 Å². The van der Waals surface area contributed by atoms with Crippen molar-refractivity contribution in [1.82, 2.24) is 19.7 Å². The second kappa shape index (κ2) is 7.88. The third-order valence-corrected chi connectivity index (χ3v) is 4.27. The molecule has 1 aromatic carbocycles. The van der Waals surface area contributed by atoms with Crippen molar-refractivity contribution in [3.8, 4) is 0 Å². The van der Waals surface area contributed by atoms with Crippen molar-refractivity contribution in [2.75, 3.05) is 0 Å². The van der Waals surface area contributed by atoms with Gasteiger partial charge in [-0.2, -0.15) is 5.10 Å². The Morgan fingerprint density at radius 3 is 2.25 bits per heavy atom. The van der Waals surface area contributed by atoms with Gasteiger partial charge in [-0.25, -0.2) is 0 Å². The molecule has 0 spiro atoms. The Bertz CT molecular complexity index is 747. The van der Waals surface area contributed by atoms with E-state index < -0.39 is 0 Å². The van der Waals surface area contributed by atoms with Gasteiger partial charge in [-0.05, 0) is 35.2 Å². The van der Waals surface area contributed by atoms with Crippen molar-refractivity contribution in [3.63, 3.8) is 0 Å². The van der Waals surface area contributed by atoms with Crippen LogP contribution in [0.4, 0.5) is 0 Å². The minimum Gasteiger partial charge on any atom is -0.289 e. The summed E-state index contributed by atoms with van der Waals surface area (Å²) >= 11 is 0. The average molecular weight is 320 g/mol. The number of pyridine rings is 1. The first-order valence-electron chi connectivity index (χ1n) is 8.40. The van der Waals surface area contributed by atoms with E-state index in [1.54, 1.807) is 0 Å². The van der Waals surface area contributed by atoms with Gasteiger partial charge >= 0.3 is 0 Å². The molecule has 0 amide bonds. The molecule has 0 saturated carbocycles. The maximum absolute atomic E-state index is 4.28. The number of benzene rings is 1. The van der Waals surface area contributed by atoms with Crippen molar-refractivity contribution in [2.24, 2.45) is 7.05 Å². The van der Waals surface area contributed by atoms with Crippen LogP contribution < -0.4 is 0 Å². The highest BCUT2D eigenvalue weighted by Gasteiger charge is 2.11. The van der Waals surface area contributed by atoms with Crippen molar-refractivity contribution < 1.29 is 0 Å². The molecule has 0 unspecified atom stereocenters. The molecule has 0 saturated heterocycles. The normalized spacial score (nSPS) is 11.1. The predicted octanol–water partition coefficient (Wildman–Crippen LogP) is 3.58. The second-order valence-corrected chi connectivity index (χ2v) is 6.12. The minimum absolute atomic E-state index is 0.862. The van der Waals surface area contributed by atoms with Gasteiger partial charge in [0.25, 0.3) is 0 Å². The van der Waals surface area contributed by atoms with E-state index in [9.17, 15) is 0 Å². The lowest BCUT2D eigenvalue weighted by atomic mass is 10.1. The molecule has 0 fully saturated rings. The molecule has 0 aliphatic carbocycles. The second-order valence-electron chi connectivity index (χ2n) is 6.12. The lowest BCUT2D eigenvalue weighted by Crippen LogP contribution is -2.23. The van der Waals surface area contributed by atoms with Crippen molar-refractivity contribution in [2.45, 2.75) is 33.0 Å². The fourth-order valence-electron chi connectivity index (χ4n) is 2.84. The zero-order valence-corrected chi connectivity index (χ0v) is 14.4. The number of hydrogen-bond acceptors (Lipinski definition) is 3. The predicted molar refractivity (Wildman–Crippen MR) is 96.2 cm³/mol. The summed E-state index contributed by atoms with van der Waals surface area (Å²) in [5.41, 5.74) is 5.15. The molecule has 3 rings (SSSR count). The van der Waals surface area contributed by atoms with Crippen LogP contribution in [0.3, 0.4) is 0 Å². The molecule has 0 radical (unpaired) electrons.